The van der Waals surface area contributed by atoms with Crippen LogP contribution in [0.1, 0.15) is 13.3 Å². The van der Waals surface area contributed by atoms with Crippen LogP contribution >= 0.6 is 0 Å². The molecule has 1 heterocycles. The van der Waals surface area contributed by atoms with E-state index in [2.05, 4.69) is 0 Å². The zero-order valence-electron chi connectivity index (χ0n) is 9.82. The second-order valence-electron chi connectivity index (χ2n) is 4.29. The summed E-state index contributed by atoms with van der Waals surface area (Å²) in [6.07, 6.45) is -4.53. The molecule has 0 radical (unpaired) electrons. The molecule has 1 rings (SSSR count). The fraction of sp³-hybridized carbons (Fsp3) is 0.700. The molecule has 1 N–H and O–H groups in total. The van der Waals surface area contributed by atoms with Crippen LogP contribution in [0.3, 0.4) is 0 Å². The molecule has 98 valence electrons. The first-order valence-electron chi connectivity index (χ1n) is 5.11. The third kappa shape index (κ3) is 2.91. The fourth-order valence-corrected chi connectivity index (χ4v) is 1.83. The van der Waals surface area contributed by atoms with Gasteiger partial charge in [0.1, 0.15) is 0 Å². The number of amides is 1. The lowest BCUT2D eigenvalue weighted by Gasteiger charge is -2.25. The molecule has 0 saturated carbocycles. The third-order valence-corrected chi connectivity index (χ3v) is 2.48. The van der Waals surface area contributed by atoms with E-state index in [0.29, 0.717) is 4.90 Å². The Kier molecular flexibility index (Phi) is 3.71. The summed E-state index contributed by atoms with van der Waals surface area (Å²) in [7, 11) is 3.22. The van der Waals surface area contributed by atoms with Crippen molar-refractivity contribution < 1.29 is 23.1 Å². The number of carbonyl (C=O) groups is 1. The lowest BCUT2D eigenvalue weighted by Crippen LogP contribution is -2.42. The molecule has 0 aliphatic carbocycles. The van der Waals surface area contributed by atoms with Crippen LogP contribution in [0.25, 0.3) is 0 Å². The van der Waals surface area contributed by atoms with E-state index in [4.69, 9.17) is 0 Å². The van der Waals surface area contributed by atoms with E-state index >= 15 is 0 Å². The van der Waals surface area contributed by atoms with Crippen LogP contribution in [0.4, 0.5) is 13.2 Å². The van der Waals surface area contributed by atoms with Crippen LogP contribution in [0.2, 0.25) is 0 Å². The van der Waals surface area contributed by atoms with Gasteiger partial charge in [-0.05, 0) is 13.3 Å². The van der Waals surface area contributed by atoms with Crippen LogP contribution in [-0.4, -0.2) is 53.2 Å². The molecule has 17 heavy (non-hydrogen) atoms. The fourth-order valence-electron chi connectivity index (χ4n) is 1.83. The number of likely N-dealkylation sites (tertiary alicyclic amines) is 1. The van der Waals surface area contributed by atoms with Gasteiger partial charge >= 0.3 is 12.1 Å². The predicted octanol–water partition coefficient (Wildman–Crippen LogP) is 0.933. The highest BCUT2D eigenvalue weighted by atomic mass is 19.4. The van der Waals surface area contributed by atoms with E-state index in [1.165, 1.54) is 18.0 Å². The molecular weight excluding hydrogens is 237 g/mol. The minimum absolute atomic E-state index is 0.00942. The maximum atomic E-state index is 12.4. The number of hydrogen-bond acceptors (Lipinski definition) is 3. The normalized spacial score (nSPS) is 27.7. The van der Waals surface area contributed by atoms with Crippen LogP contribution in [-0.2, 0) is 4.79 Å². The van der Waals surface area contributed by atoms with E-state index in [1.807, 2.05) is 0 Å². The number of hydrogen-bond donors (Lipinski definition) is 1. The molecule has 0 aromatic carbocycles. The predicted molar refractivity (Wildman–Crippen MR) is 54.8 cm³/mol. The maximum absolute atomic E-state index is 12.4. The van der Waals surface area contributed by atoms with E-state index in [0.717, 1.165) is 0 Å². The van der Waals surface area contributed by atoms with E-state index in [1.54, 1.807) is 14.1 Å². The quantitative estimate of drug-likeness (QED) is 0.755. The molecular formula is C10H15F3N2O2. The van der Waals surface area contributed by atoms with Crippen molar-refractivity contribution in [2.24, 2.45) is 0 Å². The summed E-state index contributed by atoms with van der Waals surface area (Å²) in [4.78, 5) is 13.4. The van der Waals surface area contributed by atoms with Crippen molar-refractivity contribution in [1.29, 1.82) is 0 Å². The number of carbonyl (C=O) groups excluding carboxylic acids is 1. The summed E-state index contributed by atoms with van der Waals surface area (Å²) in [5.41, 5.74) is -0.00942. The summed E-state index contributed by atoms with van der Waals surface area (Å²) in [5, 5.41) is 9.64. The van der Waals surface area contributed by atoms with Gasteiger partial charge in [0, 0.05) is 26.3 Å². The number of aliphatic hydroxyl groups excluding tert-OH is 1. The van der Waals surface area contributed by atoms with Crippen molar-refractivity contribution in [1.82, 2.24) is 9.80 Å². The smallest absolute Gasteiger partial charge is 0.387 e. The first-order chi connectivity index (χ1) is 7.64. The maximum Gasteiger partial charge on any atom is 0.471 e. The monoisotopic (exact) mass is 252 g/mol. The molecule has 0 bridgehead atoms. The zero-order valence-corrected chi connectivity index (χ0v) is 9.82. The van der Waals surface area contributed by atoms with E-state index in [-0.39, 0.29) is 12.1 Å². The average Bonchev–Trinajstić information content (AvgIpc) is 2.38. The molecule has 2 unspecified atom stereocenters. The summed E-state index contributed by atoms with van der Waals surface area (Å²) >= 11 is 0. The Bertz CT molecular complexity index is 339. The number of rotatable bonds is 1. The summed E-state index contributed by atoms with van der Waals surface area (Å²) < 4.78 is 37.2. The zero-order chi connectivity index (χ0) is 13.4. The topological polar surface area (TPSA) is 43.8 Å². The Morgan fingerprint density at radius 3 is 2.47 bits per heavy atom. The van der Waals surface area contributed by atoms with Crippen molar-refractivity contribution in [2.45, 2.75) is 31.7 Å². The lowest BCUT2D eigenvalue weighted by molar-refractivity contribution is -0.184. The minimum atomic E-state index is -4.93. The number of nitrogens with zero attached hydrogens (tertiary/aromatic N) is 2. The molecule has 0 spiro atoms. The number of halogens is 3. The highest BCUT2D eigenvalue weighted by Crippen LogP contribution is 2.32. The Morgan fingerprint density at radius 2 is 2.06 bits per heavy atom. The number of aliphatic hydroxyl groups is 1. The van der Waals surface area contributed by atoms with Gasteiger partial charge in [-0.15, -0.1) is 0 Å². The second kappa shape index (κ2) is 4.56. The van der Waals surface area contributed by atoms with Crippen molar-refractivity contribution in [3.63, 3.8) is 0 Å². The highest BCUT2D eigenvalue weighted by Gasteiger charge is 2.49. The molecule has 1 amide bonds. The van der Waals surface area contributed by atoms with E-state index in [9.17, 15) is 23.1 Å². The Labute approximate surface area is 97.3 Å². The largest absolute Gasteiger partial charge is 0.471 e. The summed E-state index contributed by atoms with van der Waals surface area (Å²) in [6.45, 7) is 1.48. The first kappa shape index (κ1) is 13.8. The molecule has 2 atom stereocenters. The molecule has 1 aliphatic rings. The van der Waals surface area contributed by atoms with Gasteiger partial charge in [-0.2, -0.15) is 13.2 Å². The van der Waals surface area contributed by atoms with Gasteiger partial charge < -0.3 is 14.9 Å². The van der Waals surface area contributed by atoms with Gasteiger partial charge in [-0.3, -0.25) is 4.79 Å². The SMILES string of the molecule is CC1CC(O)/C(=C\N(C)C)N1C(=O)C(F)(F)F. The van der Waals surface area contributed by atoms with Gasteiger partial charge in [0.05, 0.1) is 11.8 Å². The molecule has 0 aromatic rings. The Morgan fingerprint density at radius 1 is 1.53 bits per heavy atom. The standard InChI is InChI=1S/C10H15F3N2O2/c1-6-4-8(16)7(5-14(2)3)15(6)9(17)10(11,12)13/h5-6,8,16H,4H2,1-3H3/b7-5+. The lowest BCUT2D eigenvalue weighted by atomic mass is 10.2. The van der Waals surface area contributed by atoms with Gasteiger partial charge in [-0.25, -0.2) is 0 Å². The Balaban J connectivity index is 3.06. The van der Waals surface area contributed by atoms with Gasteiger partial charge in [0.2, 0.25) is 0 Å². The van der Waals surface area contributed by atoms with Gasteiger partial charge in [-0.1, -0.05) is 0 Å². The van der Waals surface area contributed by atoms with Crippen molar-refractivity contribution in [3.05, 3.63) is 11.9 Å². The third-order valence-electron chi connectivity index (χ3n) is 2.48. The first-order valence-corrected chi connectivity index (χ1v) is 5.11. The minimum Gasteiger partial charge on any atom is -0.387 e. The molecule has 4 nitrogen and oxygen atoms in total. The van der Waals surface area contributed by atoms with Crippen LogP contribution in [0.5, 0.6) is 0 Å². The molecule has 0 aromatic heterocycles. The highest BCUT2D eigenvalue weighted by molar-refractivity contribution is 5.84. The van der Waals surface area contributed by atoms with Crippen LogP contribution in [0, 0.1) is 0 Å². The van der Waals surface area contributed by atoms with Crippen molar-refractivity contribution in [2.75, 3.05) is 14.1 Å². The van der Waals surface area contributed by atoms with E-state index < -0.39 is 24.2 Å². The van der Waals surface area contributed by atoms with Gasteiger partial charge in [0.25, 0.3) is 0 Å². The summed E-state index contributed by atoms with van der Waals surface area (Å²) in [5.74, 6) is -1.94. The average molecular weight is 252 g/mol. The molecule has 7 heteroatoms. The molecule has 1 fully saturated rings. The molecule has 1 aliphatic heterocycles. The number of alkyl halides is 3. The molecule has 1 saturated heterocycles. The van der Waals surface area contributed by atoms with Gasteiger partial charge in [0.15, 0.2) is 0 Å². The van der Waals surface area contributed by atoms with Crippen molar-refractivity contribution >= 4 is 5.91 Å². The van der Waals surface area contributed by atoms with Crippen LogP contribution in [0.15, 0.2) is 11.9 Å². The second-order valence-corrected chi connectivity index (χ2v) is 4.29. The Hall–Kier alpha value is -1.24. The van der Waals surface area contributed by atoms with Crippen molar-refractivity contribution in [3.8, 4) is 0 Å². The van der Waals surface area contributed by atoms with Crippen LogP contribution < -0.4 is 0 Å². The summed E-state index contributed by atoms with van der Waals surface area (Å²) in [6, 6.07) is -0.662.